The average molecular weight is 396 g/mol. The molecular formula is C20H24N6O3. The van der Waals surface area contributed by atoms with E-state index < -0.39 is 0 Å². The summed E-state index contributed by atoms with van der Waals surface area (Å²) in [7, 11) is 0. The number of morpholine rings is 1. The molecule has 1 aliphatic heterocycles. The van der Waals surface area contributed by atoms with Crippen LogP contribution in [0.4, 0.5) is 5.82 Å². The predicted molar refractivity (Wildman–Crippen MR) is 107 cm³/mol. The zero-order chi connectivity index (χ0) is 20.2. The molecular weight excluding hydrogens is 372 g/mol. The van der Waals surface area contributed by atoms with Gasteiger partial charge in [0.25, 0.3) is 5.91 Å². The Morgan fingerprint density at radius 2 is 2.00 bits per heavy atom. The third-order valence-electron chi connectivity index (χ3n) is 4.93. The van der Waals surface area contributed by atoms with Gasteiger partial charge in [-0.1, -0.05) is 35.5 Å². The van der Waals surface area contributed by atoms with Crippen LogP contribution in [0.15, 0.2) is 41.2 Å². The topological polar surface area (TPSA) is 98.3 Å². The molecule has 2 aromatic heterocycles. The second-order valence-corrected chi connectivity index (χ2v) is 6.80. The monoisotopic (exact) mass is 396 g/mol. The van der Waals surface area contributed by atoms with Crippen LogP contribution in [0.2, 0.25) is 0 Å². The number of carbonyl (C=O) groups is 1. The van der Waals surface area contributed by atoms with Crippen molar-refractivity contribution in [3.05, 3.63) is 48.0 Å². The third-order valence-corrected chi connectivity index (χ3v) is 4.93. The lowest BCUT2D eigenvalue weighted by molar-refractivity contribution is 0.0936. The SMILES string of the molecule is CCn1ncnc1C(C)NC(=O)c1c(N2CCOCC2)noc1-c1ccccc1. The van der Waals surface area contributed by atoms with Crippen molar-refractivity contribution in [3.8, 4) is 11.3 Å². The van der Waals surface area contributed by atoms with Gasteiger partial charge >= 0.3 is 0 Å². The van der Waals surface area contributed by atoms with E-state index in [0.717, 1.165) is 5.56 Å². The number of ether oxygens (including phenoxy) is 1. The van der Waals surface area contributed by atoms with Crippen molar-refractivity contribution in [1.29, 1.82) is 0 Å². The van der Waals surface area contributed by atoms with Gasteiger partial charge in [0.05, 0.1) is 19.3 Å². The van der Waals surface area contributed by atoms with Crippen LogP contribution in [-0.4, -0.2) is 52.1 Å². The molecule has 152 valence electrons. The molecule has 1 atom stereocenters. The maximum absolute atomic E-state index is 13.3. The van der Waals surface area contributed by atoms with Crippen molar-refractivity contribution in [1.82, 2.24) is 25.2 Å². The Balaban J connectivity index is 1.68. The molecule has 1 aliphatic rings. The Labute approximate surface area is 168 Å². The second-order valence-electron chi connectivity index (χ2n) is 6.80. The van der Waals surface area contributed by atoms with Crippen LogP contribution in [0.1, 0.15) is 36.1 Å². The first kappa shape index (κ1) is 19.1. The molecule has 1 N–H and O–H groups in total. The fraction of sp³-hybridized carbons (Fsp3) is 0.400. The van der Waals surface area contributed by atoms with Crippen LogP contribution < -0.4 is 10.2 Å². The van der Waals surface area contributed by atoms with Crippen molar-refractivity contribution < 1.29 is 14.1 Å². The molecule has 0 bridgehead atoms. The van der Waals surface area contributed by atoms with Gasteiger partial charge in [0.2, 0.25) is 0 Å². The highest BCUT2D eigenvalue weighted by atomic mass is 16.5. The molecule has 0 saturated carbocycles. The summed E-state index contributed by atoms with van der Waals surface area (Å²) in [6, 6.07) is 9.21. The van der Waals surface area contributed by atoms with Crippen molar-refractivity contribution >= 4 is 11.7 Å². The lowest BCUT2D eigenvalue weighted by Crippen LogP contribution is -2.38. The number of aryl methyl sites for hydroxylation is 1. The molecule has 9 heteroatoms. The van der Waals surface area contributed by atoms with E-state index >= 15 is 0 Å². The quantitative estimate of drug-likeness (QED) is 0.682. The maximum Gasteiger partial charge on any atom is 0.259 e. The number of anilines is 1. The van der Waals surface area contributed by atoms with Gasteiger partial charge in [-0.3, -0.25) is 4.79 Å². The van der Waals surface area contributed by atoms with E-state index in [1.54, 1.807) is 4.68 Å². The van der Waals surface area contributed by atoms with Gasteiger partial charge in [-0.25, -0.2) is 9.67 Å². The molecule has 1 aromatic carbocycles. The standard InChI is InChI=1S/C20H24N6O3/c1-3-26-18(21-13-22-26)14(2)23-20(27)16-17(15-7-5-4-6-8-15)29-24-19(16)25-9-11-28-12-10-25/h4-8,13-14H,3,9-12H2,1-2H3,(H,23,27). The van der Waals surface area contributed by atoms with Crippen LogP contribution in [-0.2, 0) is 11.3 Å². The Bertz CT molecular complexity index is 962. The average Bonchev–Trinajstić information content (AvgIpc) is 3.42. The molecule has 3 heterocycles. The number of hydrogen-bond donors (Lipinski definition) is 1. The van der Waals surface area contributed by atoms with E-state index in [1.165, 1.54) is 6.33 Å². The van der Waals surface area contributed by atoms with Crippen LogP contribution in [0.25, 0.3) is 11.3 Å². The van der Waals surface area contributed by atoms with Crippen LogP contribution in [0.5, 0.6) is 0 Å². The van der Waals surface area contributed by atoms with Crippen LogP contribution in [0, 0.1) is 0 Å². The zero-order valence-corrected chi connectivity index (χ0v) is 16.5. The molecule has 0 spiro atoms. The molecule has 1 saturated heterocycles. The number of benzene rings is 1. The maximum atomic E-state index is 13.3. The fourth-order valence-electron chi connectivity index (χ4n) is 3.45. The molecule has 0 aliphatic carbocycles. The first-order valence-electron chi connectivity index (χ1n) is 9.75. The lowest BCUT2D eigenvalue weighted by atomic mass is 10.1. The summed E-state index contributed by atoms with van der Waals surface area (Å²) in [5, 5.41) is 11.5. The summed E-state index contributed by atoms with van der Waals surface area (Å²) in [6.45, 7) is 7.03. The molecule has 4 rings (SSSR count). The number of nitrogens with one attached hydrogen (secondary N) is 1. The van der Waals surface area contributed by atoms with E-state index in [0.29, 0.717) is 55.8 Å². The van der Waals surface area contributed by atoms with Gasteiger partial charge in [-0.2, -0.15) is 5.10 Å². The van der Waals surface area contributed by atoms with Crippen molar-refractivity contribution in [3.63, 3.8) is 0 Å². The minimum atomic E-state index is -0.319. The molecule has 3 aromatic rings. The summed E-state index contributed by atoms with van der Waals surface area (Å²) in [4.78, 5) is 19.6. The van der Waals surface area contributed by atoms with Crippen LogP contribution >= 0.6 is 0 Å². The smallest absolute Gasteiger partial charge is 0.259 e. The molecule has 1 unspecified atom stereocenters. The Morgan fingerprint density at radius 1 is 1.24 bits per heavy atom. The largest absolute Gasteiger partial charge is 0.378 e. The lowest BCUT2D eigenvalue weighted by Gasteiger charge is -2.27. The summed E-state index contributed by atoms with van der Waals surface area (Å²) in [6.07, 6.45) is 1.50. The normalized spacial score (nSPS) is 15.3. The summed E-state index contributed by atoms with van der Waals surface area (Å²) in [5.41, 5.74) is 1.22. The summed E-state index contributed by atoms with van der Waals surface area (Å²) < 4.78 is 12.8. The van der Waals surface area contributed by atoms with E-state index in [2.05, 4.69) is 20.6 Å². The van der Waals surface area contributed by atoms with Gasteiger partial charge in [-0.15, -0.1) is 0 Å². The van der Waals surface area contributed by atoms with E-state index in [-0.39, 0.29) is 11.9 Å². The number of nitrogens with zero attached hydrogens (tertiary/aromatic N) is 5. The Morgan fingerprint density at radius 3 is 2.72 bits per heavy atom. The highest BCUT2D eigenvalue weighted by Crippen LogP contribution is 2.32. The zero-order valence-electron chi connectivity index (χ0n) is 16.5. The number of aromatic nitrogens is 4. The van der Waals surface area contributed by atoms with E-state index in [9.17, 15) is 4.79 Å². The summed E-state index contributed by atoms with van der Waals surface area (Å²) >= 11 is 0. The van der Waals surface area contributed by atoms with E-state index in [1.807, 2.05) is 49.1 Å². The molecule has 29 heavy (non-hydrogen) atoms. The molecule has 9 nitrogen and oxygen atoms in total. The number of carbonyl (C=O) groups excluding carboxylic acids is 1. The van der Waals surface area contributed by atoms with Crippen molar-refractivity contribution in [2.75, 3.05) is 31.2 Å². The van der Waals surface area contributed by atoms with E-state index in [4.69, 9.17) is 9.26 Å². The number of rotatable bonds is 6. The van der Waals surface area contributed by atoms with Crippen molar-refractivity contribution in [2.45, 2.75) is 26.4 Å². The van der Waals surface area contributed by atoms with Gasteiger partial charge in [-0.05, 0) is 13.8 Å². The minimum absolute atomic E-state index is 0.259. The van der Waals surface area contributed by atoms with Crippen molar-refractivity contribution in [2.24, 2.45) is 0 Å². The first-order valence-corrected chi connectivity index (χ1v) is 9.75. The highest BCUT2D eigenvalue weighted by molar-refractivity contribution is 6.04. The third kappa shape index (κ3) is 3.86. The number of hydrogen-bond acceptors (Lipinski definition) is 7. The van der Waals surface area contributed by atoms with Gasteiger partial charge in [0, 0.05) is 25.2 Å². The van der Waals surface area contributed by atoms with Crippen LogP contribution in [0.3, 0.4) is 0 Å². The first-order chi connectivity index (χ1) is 14.2. The van der Waals surface area contributed by atoms with Gasteiger partial charge in [0.15, 0.2) is 11.6 Å². The Hall–Kier alpha value is -3.20. The Kier molecular flexibility index (Phi) is 5.57. The predicted octanol–water partition coefficient (Wildman–Crippen LogP) is 2.28. The molecule has 1 fully saturated rings. The molecule has 0 radical (unpaired) electrons. The fourth-order valence-corrected chi connectivity index (χ4v) is 3.45. The molecule has 1 amide bonds. The second kappa shape index (κ2) is 8.44. The van der Waals surface area contributed by atoms with Gasteiger partial charge in [0.1, 0.15) is 17.7 Å². The summed E-state index contributed by atoms with van der Waals surface area (Å²) in [5.74, 6) is 1.43. The van der Waals surface area contributed by atoms with Gasteiger partial charge < -0.3 is 19.5 Å². The number of amides is 1. The minimum Gasteiger partial charge on any atom is -0.378 e. The highest BCUT2D eigenvalue weighted by Gasteiger charge is 2.30.